The molecule has 0 saturated heterocycles. The van der Waals surface area contributed by atoms with E-state index in [1.54, 1.807) is 16.7 Å². The van der Waals surface area contributed by atoms with E-state index in [-0.39, 0.29) is 0 Å². The van der Waals surface area contributed by atoms with Crippen LogP contribution in [0.25, 0.3) is 0 Å². The minimum Gasteiger partial charge on any atom is -0.205 e. The number of pyridine rings is 3. The number of benzene rings is 1. The molecule has 0 saturated carbocycles. The minimum absolute atomic E-state index is 1.12. The van der Waals surface area contributed by atoms with Crippen LogP contribution in [0.3, 0.4) is 0 Å². The van der Waals surface area contributed by atoms with Gasteiger partial charge >= 0.3 is 0 Å². The standard InChI is InChI=1S/C39H54N3/c1-34-16-25-40(26-17-34)22-10-4-7-13-37-31-38(14-8-5-11-23-41-27-18-35(2)19-28-41)33-39(32-37)15-9-6-12-24-42-29-20-36(3)21-30-42/h16-21,25-33H,4-15,22-24H2,1-3H3/q+3. The van der Waals surface area contributed by atoms with Crippen LogP contribution in [0.2, 0.25) is 0 Å². The van der Waals surface area contributed by atoms with Crippen LogP contribution in [-0.4, -0.2) is 0 Å². The highest BCUT2D eigenvalue weighted by molar-refractivity contribution is 5.31. The molecule has 0 amide bonds. The van der Waals surface area contributed by atoms with Crippen LogP contribution in [0, 0.1) is 20.8 Å². The SMILES string of the molecule is Cc1cc[n+](CCCCCc2cc(CCCCC[n+]3ccc(C)cc3)cc(CCCCC[n+]3ccc(C)cc3)c2)cc1. The molecule has 0 aliphatic carbocycles. The van der Waals surface area contributed by atoms with Crippen molar-refractivity contribution < 1.29 is 13.7 Å². The number of hydrogen-bond acceptors (Lipinski definition) is 0. The molecule has 42 heavy (non-hydrogen) atoms. The molecule has 3 heteroatoms. The maximum atomic E-state index is 2.51. The predicted octanol–water partition coefficient (Wildman–Crippen LogP) is 7.71. The van der Waals surface area contributed by atoms with Gasteiger partial charge in [-0.3, -0.25) is 0 Å². The van der Waals surface area contributed by atoms with E-state index in [0.717, 1.165) is 19.6 Å². The van der Waals surface area contributed by atoms with Gasteiger partial charge in [-0.1, -0.05) is 18.2 Å². The number of hydrogen-bond donors (Lipinski definition) is 0. The maximum absolute atomic E-state index is 2.51. The quantitative estimate of drug-likeness (QED) is 0.0866. The molecule has 0 spiro atoms. The van der Waals surface area contributed by atoms with Gasteiger partial charge in [-0.15, -0.1) is 0 Å². The van der Waals surface area contributed by atoms with Gasteiger partial charge in [0.1, 0.15) is 19.6 Å². The molecule has 0 radical (unpaired) electrons. The Labute approximate surface area is 255 Å². The highest BCUT2D eigenvalue weighted by Crippen LogP contribution is 2.18. The van der Waals surface area contributed by atoms with Gasteiger partial charge < -0.3 is 0 Å². The normalized spacial score (nSPS) is 11.2. The highest BCUT2D eigenvalue weighted by atomic mass is 14.9. The Bertz CT molecular complexity index is 1130. The van der Waals surface area contributed by atoms with Gasteiger partial charge in [0, 0.05) is 55.7 Å². The summed E-state index contributed by atoms with van der Waals surface area (Å²) in [5, 5.41) is 0. The summed E-state index contributed by atoms with van der Waals surface area (Å²) in [6, 6.07) is 20.8. The lowest BCUT2D eigenvalue weighted by Crippen LogP contribution is -2.32. The van der Waals surface area contributed by atoms with E-state index in [0.29, 0.717) is 0 Å². The molecule has 3 heterocycles. The van der Waals surface area contributed by atoms with Gasteiger partial charge in [0.25, 0.3) is 0 Å². The zero-order valence-corrected chi connectivity index (χ0v) is 26.6. The monoisotopic (exact) mass is 564 g/mol. The summed E-state index contributed by atoms with van der Waals surface area (Å²) < 4.78 is 6.96. The van der Waals surface area contributed by atoms with Crippen molar-refractivity contribution in [1.82, 2.24) is 0 Å². The van der Waals surface area contributed by atoms with E-state index < -0.39 is 0 Å². The molecule has 0 bridgehead atoms. The lowest BCUT2D eigenvalue weighted by atomic mass is 9.95. The molecule has 0 atom stereocenters. The molecule has 4 aromatic rings. The van der Waals surface area contributed by atoms with Gasteiger partial charge in [-0.25, -0.2) is 13.7 Å². The third-order valence-electron chi connectivity index (χ3n) is 8.43. The van der Waals surface area contributed by atoms with Crippen LogP contribution < -0.4 is 13.7 Å². The molecule has 3 aromatic heterocycles. The van der Waals surface area contributed by atoms with E-state index in [2.05, 4.69) is 126 Å². The van der Waals surface area contributed by atoms with E-state index in [1.165, 1.54) is 93.7 Å². The summed E-state index contributed by atoms with van der Waals surface area (Å²) in [6.07, 6.45) is 28.3. The molecular formula is C39H54N3+3. The summed E-state index contributed by atoms with van der Waals surface area (Å²) in [6.45, 7) is 9.82. The minimum atomic E-state index is 1.12. The molecule has 0 unspecified atom stereocenters. The molecule has 0 N–H and O–H groups in total. The number of nitrogens with zero attached hydrogens (tertiary/aromatic N) is 3. The Kier molecular flexibility index (Phi) is 13.2. The Balaban J connectivity index is 1.23. The van der Waals surface area contributed by atoms with E-state index in [9.17, 15) is 0 Å². The van der Waals surface area contributed by atoms with Gasteiger partial charge in [0.05, 0.1) is 0 Å². The van der Waals surface area contributed by atoms with Crippen molar-refractivity contribution in [1.29, 1.82) is 0 Å². The van der Waals surface area contributed by atoms with Crippen LogP contribution in [0.4, 0.5) is 0 Å². The summed E-state index contributed by atoms with van der Waals surface area (Å²) in [4.78, 5) is 0. The first-order chi connectivity index (χ1) is 20.5. The van der Waals surface area contributed by atoms with E-state index in [1.807, 2.05) is 0 Å². The van der Waals surface area contributed by atoms with Crippen LogP contribution in [0.15, 0.2) is 91.8 Å². The second kappa shape index (κ2) is 17.6. The van der Waals surface area contributed by atoms with Crippen LogP contribution in [-0.2, 0) is 38.9 Å². The van der Waals surface area contributed by atoms with Crippen molar-refractivity contribution >= 4 is 0 Å². The summed E-state index contributed by atoms with van der Waals surface area (Å²) in [5.74, 6) is 0. The third-order valence-corrected chi connectivity index (χ3v) is 8.43. The van der Waals surface area contributed by atoms with Gasteiger partial charge in [0.15, 0.2) is 37.2 Å². The summed E-state index contributed by atoms with van der Waals surface area (Å²) >= 11 is 0. The van der Waals surface area contributed by atoms with E-state index >= 15 is 0 Å². The molecule has 3 nitrogen and oxygen atoms in total. The molecule has 0 aliphatic rings. The van der Waals surface area contributed by atoms with Gasteiger partial charge in [0.2, 0.25) is 0 Å². The zero-order chi connectivity index (χ0) is 29.4. The lowest BCUT2D eigenvalue weighted by molar-refractivity contribution is -0.697. The van der Waals surface area contributed by atoms with Crippen molar-refractivity contribution in [2.75, 3.05) is 0 Å². The molecule has 222 valence electrons. The molecule has 1 aromatic carbocycles. The molecular weight excluding hydrogens is 510 g/mol. The fourth-order valence-corrected chi connectivity index (χ4v) is 5.72. The Morgan fingerprint density at radius 1 is 0.357 bits per heavy atom. The maximum Gasteiger partial charge on any atom is 0.169 e. The largest absolute Gasteiger partial charge is 0.205 e. The molecule has 4 rings (SSSR count). The van der Waals surface area contributed by atoms with Crippen molar-refractivity contribution in [2.45, 2.75) is 117 Å². The summed E-state index contributed by atoms with van der Waals surface area (Å²) in [5.41, 5.74) is 8.65. The van der Waals surface area contributed by atoms with Crippen molar-refractivity contribution in [2.24, 2.45) is 0 Å². The smallest absolute Gasteiger partial charge is 0.169 e. The van der Waals surface area contributed by atoms with Gasteiger partial charge in [-0.05, 0) is 112 Å². The van der Waals surface area contributed by atoms with Crippen LogP contribution >= 0.6 is 0 Å². The average Bonchev–Trinajstić information content (AvgIpc) is 2.99. The molecule has 0 fully saturated rings. The predicted molar refractivity (Wildman–Crippen MR) is 173 cm³/mol. The average molecular weight is 565 g/mol. The number of unbranched alkanes of at least 4 members (excludes halogenated alkanes) is 6. The van der Waals surface area contributed by atoms with E-state index in [4.69, 9.17) is 0 Å². The number of rotatable bonds is 18. The highest BCUT2D eigenvalue weighted by Gasteiger charge is 2.06. The second-order valence-electron chi connectivity index (χ2n) is 12.4. The van der Waals surface area contributed by atoms with Crippen molar-refractivity contribution in [3.63, 3.8) is 0 Å². The lowest BCUT2D eigenvalue weighted by Gasteiger charge is -2.11. The number of aryl methyl sites for hydroxylation is 9. The Hall–Kier alpha value is -3.33. The topological polar surface area (TPSA) is 11.6 Å². The second-order valence-corrected chi connectivity index (χ2v) is 12.4. The van der Waals surface area contributed by atoms with Crippen molar-refractivity contribution in [3.05, 3.63) is 125 Å². The first kappa shape index (κ1) is 31.6. The van der Waals surface area contributed by atoms with Crippen LogP contribution in [0.5, 0.6) is 0 Å². The molecule has 0 aliphatic heterocycles. The Morgan fingerprint density at radius 3 is 0.881 bits per heavy atom. The fraction of sp³-hybridized carbons (Fsp3) is 0.462. The first-order valence-corrected chi connectivity index (χ1v) is 16.5. The third kappa shape index (κ3) is 11.9. The van der Waals surface area contributed by atoms with Gasteiger partial charge in [-0.2, -0.15) is 0 Å². The fourth-order valence-electron chi connectivity index (χ4n) is 5.72. The summed E-state index contributed by atoms with van der Waals surface area (Å²) in [7, 11) is 0. The number of aromatic nitrogens is 3. The first-order valence-electron chi connectivity index (χ1n) is 16.5. The van der Waals surface area contributed by atoms with Crippen LogP contribution in [0.1, 0.15) is 91.2 Å². The zero-order valence-electron chi connectivity index (χ0n) is 26.6. The van der Waals surface area contributed by atoms with Crippen molar-refractivity contribution in [3.8, 4) is 0 Å². The Morgan fingerprint density at radius 2 is 0.619 bits per heavy atom.